The van der Waals surface area contributed by atoms with E-state index in [0.29, 0.717) is 19.3 Å². The quantitative estimate of drug-likeness (QED) is 0.559. The molecule has 1 N–H and O–H groups in total. The average Bonchev–Trinajstić information content (AvgIpc) is 2.34. The van der Waals surface area contributed by atoms with Crippen LogP contribution in [0, 0.1) is 0 Å². The molecule has 0 heterocycles. The van der Waals surface area contributed by atoms with Crippen LogP contribution >= 0.6 is 0 Å². The second-order valence-corrected chi connectivity index (χ2v) is 6.86. The molecule has 0 amide bonds. The largest absolute Gasteiger partial charge is 0.375 e. The van der Waals surface area contributed by atoms with Crippen molar-refractivity contribution in [1.82, 2.24) is 5.32 Å². The van der Waals surface area contributed by atoms with E-state index in [1.54, 1.807) is 6.92 Å². The van der Waals surface area contributed by atoms with Crippen LogP contribution in [0.4, 0.5) is 8.78 Å². The molecule has 0 aliphatic carbocycles. The Balaban J connectivity index is 3.85. The molecular formula is C12H25F2NO3S. The van der Waals surface area contributed by atoms with Gasteiger partial charge in [0, 0.05) is 18.4 Å². The van der Waals surface area contributed by atoms with E-state index in [9.17, 15) is 17.2 Å². The van der Waals surface area contributed by atoms with Crippen LogP contribution in [0.5, 0.6) is 0 Å². The van der Waals surface area contributed by atoms with Gasteiger partial charge in [-0.2, -0.15) is 0 Å². The summed E-state index contributed by atoms with van der Waals surface area (Å²) < 4.78 is 51.3. The zero-order chi connectivity index (χ0) is 14.7. The van der Waals surface area contributed by atoms with E-state index in [-0.39, 0.29) is 24.2 Å². The molecule has 0 radical (unpaired) electrons. The molecule has 0 aromatic heterocycles. The third-order valence-electron chi connectivity index (χ3n) is 2.80. The summed E-state index contributed by atoms with van der Waals surface area (Å²) in [7, 11) is -2.92. The smallest absolute Gasteiger partial charge is 0.261 e. The van der Waals surface area contributed by atoms with Crippen LogP contribution in [-0.2, 0) is 14.6 Å². The van der Waals surface area contributed by atoms with Gasteiger partial charge >= 0.3 is 0 Å². The average molecular weight is 301 g/mol. The number of halogens is 2. The van der Waals surface area contributed by atoms with Crippen LogP contribution in [0.3, 0.4) is 0 Å². The second kappa shape index (κ2) is 10.5. The Kier molecular flexibility index (Phi) is 10.4. The van der Waals surface area contributed by atoms with Gasteiger partial charge in [0.05, 0.1) is 5.75 Å². The van der Waals surface area contributed by atoms with Crippen molar-refractivity contribution >= 4 is 9.84 Å². The van der Waals surface area contributed by atoms with E-state index >= 15 is 0 Å². The van der Waals surface area contributed by atoms with E-state index in [1.807, 2.05) is 6.92 Å². The van der Waals surface area contributed by atoms with Crippen molar-refractivity contribution in [1.29, 1.82) is 0 Å². The fraction of sp³-hybridized carbons (Fsp3) is 1.00. The maximum atomic E-state index is 11.9. The Hall–Kier alpha value is -0.270. The maximum Gasteiger partial charge on any atom is 0.261 e. The summed E-state index contributed by atoms with van der Waals surface area (Å²) in [6.45, 7) is 4.08. The van der Waals surface area contributed by atoms with Crippen molar-refractivity contribution in [3.05, 3.63) is 0 Å². The molecule has 19 heavy (non-hydrogen) atoms. The fourth-order valence-electron chi connectivity index (χ4n) is 1.73. The van der Waals surface area contributed by atoms with Crippen molar-refractivity contribution in [2.45, 2.75) is 45.6 Å². The molecule has 1 atom stereocenters. The van der Waals surface area contributed by atoms with Crippen LogP contribution in [0.15, 0.2) is 0 Å². The highest BCUT2D eigenvalue weighted by atomic mass is 32.2. The van der Waals surface area contributed by atoms with Crippen molar-refractivity contribution in [3.8, 4) is 0 Å². The lowest BCUT2D eigenvalue weighted by Gasteiger charge is -2.17. The normalized spacial score (nSPS) is 13.9. The lowest BCUT2D eigenvalue weighted by atomic mass is 10.1. The van der Waals surface area contributed by atoms with Gasteiger partial charge in [0.2, 0.25) is 0 Å². The minimum atomic E-state index is -2.92. The lowest BCUT2D eigenvalue weighted by molar-refractivity contribution is 0.0142. The molecule has 116 valence electrons. The van der Waals surface area contributed by atoms with E-state index in [0.717, 1.165) is 6.54 Å². The highest BCUT2D eigenvalue weighted by Crippen LogP contribution is 2.06. The molecule has 0 rings (SSSR count). The molecule has 1 unspecified atom stereocenters. The molecule has 0 bridgehead atoms. The summed E-state index contributed by atoms with van der Waals surface area (Å²) in [6, 6.07) is 0.120. The zero-order valence-electron chi connectivity index (χ0n) is 11.7. The molecule has 7 heteroatoms. The summed E-state index contributed by atoms with van der Waals surface area (Å²) in [5.41, 5.74) is 0. The van der Waals surface area contributed by atoms with Crippen LogP contribution in [-0.4, -0.2) is 52.1 Å². The van der Waals surface area contributed by atoms with Crippen LogP contribution < -0.4 is 5.32 Å². The van der Waals surface area contributed by atoms with Crippen LogP contribution in [0.1, 0.15) is 33.1 Å². The summed E-state index contributed by atoms with van der Waals surface area (Å²) in [4.78, 5) is 0. The van der Waals surface area contributed by atoms with Gasteiger partial charge in [-0.1, -0.05) is 13.8 Å². The predicted octanol–water partition coefficient (Wildman–Crippen LogP) is 1.85. The van der Waals surface area contributed by atoms with Gasteiger partial charge in [-0.05, 0) is 25.8 Å². The zero-order valence-corrected chi connectivity index (χ0v) is 12.5. The summed E-state index contributed by atoms with van der Waals surface area (Å²) in [6.07, 6.45) is -0.521. The summed E-state index contributed by atoms with van der Waals surface area (Å²) >= 11 is 0. The molecule has 0 aromatic rings. The van der Waals surface area contributed by atoms with Crippen molar-refractivity contribution in [2.75, 3.05) is 31.3 Å². The van der Waals surface area contributed by atoms with Crippen molar-refractivity contribution in [2.24, 2.45) is 0 Å². The van der Waals surface area contributed by atoms with Gasteiger partial charge in [0.25, 0.3) is 6.43 Å². The number of ether oxygens (including phenoxy) is 1. The van der Waals surface area contributed by atoms with E-state index < -0.39 is 22.9 Å². The van der Waals surface area contributed by atoms with Gasteiger partial charge < -0.3 is 10.1 Å². The molecule has 0 spiro atoms. The van der Waals surface area contributed by atoms with Gasteiger partial charge in [-0.15, -0.1) is 0 Å². The first-order valence-corrected chi connectivity index (χ1v) is 8.53. The topological polar surface area (TPSA) is 55.4 Å². The Morgan fingerprint density at radius 1 is 1.21 bits per heavy atom. The van der Waals surface area contributed by atoms with Crippen LogP contribution in [0.25, 0.3) is 0 Å². The molecule has 0 saturated carbocycles. The first-order valence-electron chi connectivity index (χ1n) is 6.71. The number of hydrogen-bond acceptors (Lipinski definition) is 4. The number of hydrogen-bond donors (Lipinski definition) is 1. The monoisotopic (exact) mass is 301 g/mol. The summed E-state index contributed by atoms with van der Waals surface area (Å²) in [5, 5.41) is 3.21. The standard InChI is InChI=1S/C12H25F2NO3S/c1-3-15-11(7-8-18-10-12(13)14)6-5-9-19(16,17)4-2/h11-12,15H,3-10H2,1-2H3. The molecule has 0 aliphatic heterocycles. The number of nitrogens with one attached hydrogen (secondary N) is 1. The SMILES string of the molecule is CCNC(CCCS(=O)(=O)CC)CCOCC(F)F. The highest BCUT2D eigenvalue weighted by molar-refractivity contribution is 7.91. The van der Waals surface area contributed by atoms with E-state index in [4.69, 9.17) is 4.74 Å². The Morgan fingerprint density at radius 3 is 2.42 bits per heavy atom. The van der Waals surface area contributed by atoms with Gasteiger partial charge in [-0.3, -0.25) is 0 Å². The number of alkyl halides is 2. The summed E-state index contributed by atoms with van der Waals surface area (Å²) in [5.74, 6) is 0.347. The lowest BCUT2D eigenvalue weighted by Crippen LogP contribution is -2.31. The Morgan fingerprint density at radius 2 is 1.89 bits per heavy atom. The van der Waals surface area contributed by atoms with Gasteiger partial charge in [0.15, 0.2) is 0 Å². The van der Waals surface area contributed by atoms with Crippen molar-refractivity contribution in [3.63, 3.8) is 0 Å². The number of rotatable bonds is 12. The molecule has 4 nitrogen and oxygen atoms in total. The third-order valence-corrected chi connectivity index (χ3v) is 4.59. The third kappa shape index (κ3) is 11.3. The van der Waals surface area contributed by atoms with E-state index in [2.05, 4.69) is 5.32 Å². The van der Waals surface area contributed by atoms with Crippen molar-refractivity contribution < 1.29 is 21.9 Å². The maximum absolute atomic E-state index is 11.9. The molecular weight excluding hydrogens is 276 g/mol. The minimum Gasteiger partial charge on any atom is -0.375 e. The van der Waals surface area contributed by atoms with Crippen LogP contribution in [0.2, 0.25) is 0 Å². The second-order valence-electron chi connectivity index (χ2n) is 4.39. The predicted molar refractivity (Wildman–Crippen MR) is 72.5 cm³/mol. The minimum absolute atomic E-state index is 0.120. The van der Waals surface area contributed by atoms with E-state index in [1.165, 1.54) is 0 Å². The Labute approximate surface area is 114 Å². The fourth-order valence-corrected chi connectivity index (χ4v) is 2.62. The first-order chi connectivity index (χ1) is 8.91. The highest BCUT2D eigenvalue weighted by Gasteiger charge is 2.12. The number of sulfone groups is 1. The molecule has 0 fully saturated rings. The van der Waals surface area contributed by atoms with Gasteiger partial charge in [-0.25, -0.2) is 17.2 Å². The molecule has 0 aromatic carbocycles. The Bertz CT molecular complexity index is 310. The van der Waals surface area contributed by atoms with Gasteiger partial charge in [0.1, 0.15) is 16.4 Å². The molecule has 0 saturated heterocycles. The molecule has 0 aliphatic rings. The first kappa shape index (κ1) is 18.7.